The zero-order valence-electron chi connectivity index (χ0n) is 14.9. The Morgan fingerprint density at radius 2 is 1.69 bits per heavy atom. The van der Waals surface area contributed by atoms with Gasteiger partial charge in [-0.05, 0) is 18.1 Å². The van der Waals surface area contributed by atoms with Crippen LogP contribution in [0.25, 0.3) is 10.8 Å². The standard InChI is InChI=1S/C21H23N3O2/c1-2-3-9-14-22-20(25)19-17-12-7-8-13-18(17)21(26)24(23-19)15-16-10-5-4-6-11-16/h4-8,10-13H,2-3,9,14-15H2,1H3,(H,22,25). The predicted molar refractivity (Wildman–Crippen MR) is 103 cm³/mol. The van der Waals surface area contributed by atoms with E-state index in [2.05, 4.69) is 17.3 Å². The molecule has 0 atom stereocenters. The van der Waals surface area contributed by atoms with Crippen molar-refractivity contribution >= 4 is 16.7 Å². The maximum absolute atomic E-state index is 12.8. The average Bonchev–Trinajstić information content (AvgIpc) is 2.68. The number of hydrogen-bond donors (Lipinski definition) is 1. The van der Waals surface area contributed by atoms with Gasteiger partial charge in [-0.2, -0.15) is 5.10 Å². The Morgan fingerprint density at radius 3 is 2.42 bits per heavy atom. The Kier molecular flexibility index (Phi) is 5.79. The molecule has 1 heterocycles. The Bertz CT molecular complexity index is 948. The van der Waals surface area contributed by atoms with Crippen LogP contribution in [0.15, 0.2) is 59.4 Å². The van der Waals surface area contributed by atoms with Crippen LogP contribution in [0, 0.1) is 0 Å². The molecule has 0 aliphatic rings. The number of nitrogens with one attached hydrogen (secondary N) is 1. The zero-order valence-corrected chi connectivity index (χ0v) is 14.9. The molecule has 1 N–H and O–H groups in total. The minimum Gasteiger partial charge on any atom is -0.351 e. The number of amides is 1. The van der Waals surface area contributed by atoms with Crippen LogP contribution in [0.5, 0.6) is 0 Å². The predicted octanol–water partition coefficient (Wildman–Crippen LogP) is 3.36. The van der Waals surface area contributed by atoms with Crippen molar-refractivity contribution in [3.05, 3.63) is 76.2 Å². The summed E-state index contributed by atoms with van der Waals surface area (Å²) in [6.45, 7) is 3.07. The molecule has 5 heteroatoms. The van der Waals surface area contributed by atoms with E-state index in [4.69, 9.17) is 0 Å². The van der Waals surface area contributed by atoms with Crippen molar-refractivity contribution in [1.82, 2.24) is 15.1 Å². The number of rotatable bonds is 7. The van der Waals surface area contributed by atoms with Gasteiger partial charge in [0.15, 0.2) is 5.69 Å². The molecule has 3 rings (SSSR count). The fraction of sp³-hybridized carbons (Fsp3) is 0.286. The number of unbranched alkanes of at least 4 members (excludes halogenated alkanes) is 2. The molecule has 0 bridgehead atoms. The van der Waals surface area contributed by atoms with Crippen molar-refractivity contribution < 1.29 is 4.79 Å². The molecule has 0 unspecified atom stereocenters. The van der Waals surface area contributed by atoms with Gasteiger partial charge in [0.2, 0.25) is 0 Å². The summed E-state index contributed by atoms with van der Waals surface area (Å²) in [5, 5.41) is 8.41. The third kappa shape index (κ3) is 3.99. The van der Waals surface area contributed by atoms with Gasteiger partial charge in [0.05, 0.1) is 11.9 Å². The lowest BCUT2D eigenvalue weighted by Crippen LogP contribution is -2.31. The first-order valence-electron chi connectivity index (χ1n) is 9.02. The van der Waals surface area contributed by atoms with Gasteiger partial charge in [0.1, 0.15) is 0 Å². The van der Waals surface area contributed by atoms with Crippen LogP contribution in [-0.4, -0.2) is 22.2 Å². The Labute approximate surface area is 152 Å². The number of carbonyl (C=O) groups is 1. The molecule has 0 radical (unpaired) electrons. The molecule has 0 aliphatic carbocycles. The molecule has 1 amide bonds. The topological polar surface area (TPSA) is 64.0 Å². The second-order valence-corrected chi connectivity index (χ2v) is 6.31. The Morgan fingerprint density at radius 1 is 1.00 bits per heavy atom. The molecule has 0 saturated heterocycles. The van der Waals surface area contributed by atoms with Gasteiger partial charge in [0.25, 0.3) is 11.5 Å². The lowest BCUT2D eigenvalue weighted by atomic mass is 10.1. The van der Waals surface area contributed by atoms with Crippen LogP contribution >= 0.6 is 0 Å². The first-order valence-corrected chi connectivity index (χ1v) is 9.02. The highest BCUT2D eigenvalue weighted by Gasteiger charge is 2.16. The number of aromatic nitrogens is 2. The molecule has 2 aromatic carbocycles. The van der Waals surface area contributed by atoms with Crippen LogP contribution in [-0.2, 0) is 6.54 Å². The second kappa shape index (κ2) is 8.43. The number of hydrogen-bond acceptors (Lipinski definition) is 3. The van der Waals surface area contributed by atoms with Gasteiger partial charge in [-0.3, -0.25) is 9.59 Å². The molecular weight excluding hydrogens is 326 g/mol. The highest BCUT2D eigenvalue weighted by atomic mass is 16.2. The van der Waals surface area contributed by atoms with E-state index in [1.807, 2.05) is 36.4 Å². The summed E-state index contributed by atoms with van der Waals surface area (Å²) in [5.41, 5.74) is 1.08. The summed E-state index contributed by atoms with van der Waals surface area (Å²) in [7, 11) is 0. The van der Waals surface area contributed by atoms with E-state index in [1.54, 1.807) is 18.2 Å². The summed E-state index contributed by atoms with van der Waals surface area (Å²) in [4.78, 5) is 25.4. The molecule has 0 aliphatic heterocycles. The SMILES string of the molecule is CCCCCNC(=O)c1nn(Cc2ccccc2)c(=O)c2ccccc12. The van der Waals surface area contributed by atoms with Gasteiger partial charge >= 0.3 is 0 Å². The van der Waals surface area contributed by atoms with Gasteiger partial charge in [-0.15, -0.1) is 0 Å². The third-order valence-corrected chi connectivity index (χ3v) is 4.32. The molecule has 0 spiro atoms. The van der Waals surface area contributed by atoms with Crippen LogP contribution in [0.4, 0.5) is 0 Å². The van der Waals surface area contributed by atoms with Crippen molar-refractivity contribution in [2.45, 2.75) is 32.7 Å². The molecule has 3 aromatic rings. The van der Waals surface area contributed by atoms with E-state index in [9.17, 15) is 9.59 Å². The van der Waals surface area contributed by atoms with E-state index in [0.717, 1.165) is 24.8 Å². The highest BCUT2D eigenvalue weighted by molar-refractivity contribution is 6.04. The van der Waals surface area contributed by atoms with Gasteiger partial charge in [0, 0.05) is 11.9 Å². The number of fused-ring (bicyclic) bond motifs is 1. The molecular formula is C21H23N3O2. The summed E-state index contributed by atoms with van der Waals surface area (Å²) in [6.07, 6.45) is 3.10. The minimum absolute atomic E-state index is 0.188. The fourth-order valence-corrected chi connectivity index (χ4v) is 2.93. The van der Waals surface area contributed by atoms with Gasteiger partial charge < -0.3 is 5.32 Å². The molecule has 5 nitrogen and oxygen atoms in total. The van der Waals surface area contributed by atoms with E-state index < -0.39 is 0 Å². The zero-order chi connectivity index (χ0) is 18.4. The number of nitrogens with zero attached hydrogens (tertiary/aromatic N) is 2. The number of carbonyl (C=O) groups excluding carboxylic acids is 1. The third-order valence-electron chi connectivity index (χ3n) is 4.32. The minimum atomic E-state index is -0.237. The Hall–Kier alpha value is -2.95. The number of benzene rings is 2. The maximum atomic E-state index is 12.8. The molecule has 26 heavy (non-hydrogen) atoms. The van der Waals surface area contributed by atoms with Crippen LogP contribution < -0.4 is 10.9 Å². The smallest absolute Gasteiger partial charge is 0.274 e. The second-order valence-electron chi connectivity index (χ2n) is 6.31. The van der Waals surface area contributed by atoms with Gasteiger partial charge in [-0.25, -0.2) is 4.68 Å². The summed E-state index contributed by atoms with van der Waals surface area (Å²) in [6, 6.07) is 16.8. The van der Waals surface area contributed by atoms with E-state index in [1.165, 1.54) is 4.68 Å². The summed E-state index contributed by atoms with van der Waals surface area (Å²) >= 11 is 0. The van der Waals surface area contributed by atoms with Gasteiger partial charge in [-0.1, -0.05) is 68.3 Å². The lowest BCUT2D eigenvalue weighted by Gasteiger charge is -2.11. The quantitative estimate of drug-likeness (QED) is 0.665. The first-order chi connectivity index (χ1) is 12.7. The monoisotopic (exact) mass is 349 g/mol. The average molecular weight is 349 g/mol. The largest absolute Gasteiger partial charge is 0.351 e. The lowest BCUT2D eigenvalue weighted by molar-refractivity contribution is 0.0947. The fourth-order valence-electron chi connectivity index (χ4n) is 2.93. The molecule has 0 fully saturated rings. The van der Waals surface area contributed by atoms with E-state index >= 15 is 0 Å². The van der Waals surface area contributed by atoms with Crippen molar-refractivity contribution in [2.24, 2.45) is 0 Å². The molecule has 134 valence electrons. The molecule has 1 aromatic heterocycles. The van der Waals surface area contributed by atoms with Crippen LogP contribution in [0.3, 0.4) is 0 Å². The van der Waals surface area contributed by atoms with Crippen LogP contribution in [0.2, 0.25) is 0 Å². The van der Waals surface area contributed by atoms with E-state index in [0.29, 0.717) is 29.6 Å². The normalized spacial score (nSPS) is 10.8. The van der Waals surface area contributed by atoms with Crippen molar-refractivity contribution in [3.63, 3.8) is 0 Å². The summed E-state index contributed by atoms with van der Waals surface area (Å²) in [5.74, 6) is -0.237. The molecule has 0 saturated carbocycles. The Balaban J connectivity index is 1.97. The summed E-state index contributed by atoms with van der Waals surface area (Å²) < 4.78 is 1.37. The van der Waals surface area contributed by atoms with Crippen molar-refractivity contribution in [2.75, 3.05) is 6.54 Å². The maximum Gasteiger partial charge on any atom is 0.274 e. The van der Waals surface area contributed by atoms with E-state index in [-0.39, 0.29) is 11.5 Å². The van der Waals surface area contributed by atoms with Crippen molar-refractivity contribution in [3.8, 4) is 0 Å². The highest BCUT2D eigenvalue weighted by Crippen LogP contribution is 2.14. The van der Waals surface area contributed by atoms with Crippen LogP contribution in [0.1, 0.15) is 42.2 Å². The first kappa shape index (κ1) is 17.9. The van der Waals surface area contributed by atoms with Crippen molar-refractivity contribution in [1.29, 1.82) is 0 Å².